The van der Waals surface area contributed by atoms with E-state index in [9.17, 15) is 0 Å². The number of hydrogen-bond acceptors (Lipinski definition) is 5. The highest BCUT2D eigenvalue weighted by Crippen LogP contribution is 2.24. The summed E-state index contributed by atoms with van der Waals surface area (Å²) in [5, 5.41) is 0. The Kier molecular flexibility index (Phi) is 4.57. The van der Waals surface area contributed by atoms with Gasteiger partial charge >= 0.3 is 6.01 Å². The molecule has 0 aliphatic rings. The number of halogens is 1. The highest BCUT2D eigenvalue weighted by Gasteiger charge is 2.15. The molecule has 0 saturated carbocycles. The first-order chi connectivity index (χ1) is 11.2. The van der Waals surface area contributed by atoms with Gasteiger partial charge in [-0.15, -0.1) is 6.58 Å². The molecule has 7 heteroatoms. The highest BCUT2D eigenvalue weighted by molar-refractivity contribution is 9.10. The predicted octanol–water partition coefficient (Wildman–Crippen LogP) is 2.98. The minimum Gasteiger partial charge on any atom is -0.463 e. The summed E-state index contributed by atoms with van der Waals surface area (Å²) in [6, 6.07) is 10.3. The Morgan fingerprint density at radius 3 is 2.74 bits per heavy atom. The van der Waals surface area contributed by atoms with Gasteiger partial charge in [0.05, 0.1) is 6.61 Å². The molecule has 23 heavy (non-hydrogen) atoms. The smallest absolute Gasteiger partial charge is 0.320 e. The molecule has 0 bridgehead atoms. The van der Waals surface area contributed by atoms with E-state index in [-0.39, 0.29) is 6.01 Å². The molecule has 0 aliphatic heterocycles. The second-order valence-electron chi connectivity index (χ2n) is 4.93. The first-order valence-electron chi connectivity index (χ1n) is 7.16. The molecule has 6 nitrogen and oxygen atoms in total. The van der Waals surface area contributed by atoms with Gasteiger partial charge in [-0.1, -0.05) is 36.4 Å². The third-order valence-electron chi connectivity index (χ3n) is 3.33. The molecule has 3 rings (SSSR count). The van der Waals surface area contributed by atoms with E-state index in [2.05, 4.69) is 49.6 Å². The van der Waals surface area contributed by atoms with Crippen molar-refractivity contribution in [2.45, 2.75) is 13.0 Å². The zero-order valence-electron chi connectivity index (χ0n) is 12.4. The van der Waals surface area contributed by atoms with Crippen LogP contribution in [-0.2, 0) is 13.0 Å². The normalized spacial score (nSPS) is 10.8. The van der Waals surface area contributed by atoms with Crippen molar-refractivity contribution in [3.63, 3.8) is 0 Å². The zero-order valence-corrected chi connectivity index (χ0v) is 14.0. The molecule has 0 saturated heterocycles. The number of anilines is 1. The number of aromatic nitrogens is 4. The van der Waals surface area contributed by atoms with Crippen molar-refractivity contribution in [1.82, 2.24) is 19.5 Å². The Balaban J connectivity index is 1.81. The van der Waals surface area contributed by atoms with Crippen molar-refractivity contribution in [2.75, 3.05) is 12.3 Å². The van der Waals surface area contributed by atoms with E-state index in [1.165, 1.54) is 5.56 Å². The second-order valence-corrected chi connectivity index (χ2v) is 5.64. The lowest BCUT2D eigenvalue weighted by Crippen LogP contribution is -2.07. The second kappa shape index (κ2) is 6.78. The van der Waals surface area contributed by atoms with Crippen LogP contribution in [0.25, 0.3) is 11.2 Å². The van der Waals surface area contributed by atoms with Crippen molar-refractivity contribution in [3.8, 4) is 6.01 Å². The molecular formula is C16H16BrN5O. The summed E-state index contributed by atoms with van der Waals surface area (Å²) in [5.74, 6) is 0.299. The number of hydrogen-bond donors (Lipinski definition) is 1. The van der Waals surface area contributed by atoms with Crippen molar-refractivity contribution in [3.05, 3.63) is 53.3 Å². The number of imidazole rings is 1. The van der Waals surface area contributed by atoms with Crippen molar-refractivity contribution in [1.29, 1.82) is 0 Å². The van der Waals surface area contributed by atoms with E-state index >= 15 is 0 Å². The highest BCUT2D eigenvalue weighted by atomic mass is 79.9. The SMILES string of the molecule is C=CCn1c(Br)nc2c(N)nc(OCCc3ccccc3)nc21. The van der Waals surface area contributed by atoms with E-state index in [1.807, 2.05) is 22.8 Å². The zero-order chi connectivity index (χ0) is 16.2. The van der Waals surface area contributed by atoms with Gasteiger partial charge in [0.15, 0.2) is 21.7 Å². The fraction of sp³-hybridized carbons (Fsp3) is 0.188. The summed E-state index contributed by atoms with van der Waals surface area (Å²) in [6.45, 7) is 4.78. The summed E-state index contributed by atoms with van der Waals surface area (Å²) < 4.78 is 8.14. The van der Waals surface area contributed by atoms with Gasteiger partial charge in [-0.3, -0.25) is 4.57 Å². The lowest BCUT2D eigenvalue weighted by atomic mass is 10.2. The van der Waals surface area contributed by atoms with E-state index in [1.54, 1.807) is 6.08 Å². The van der Waals surface area contributed by atoms with Crippen LogP contribution in [0.5, 0.6) is 6.01 Å². The van der Waals surface area contributed by atoms with Crippen LogP contribution in [0.3, 0.4) is 0 Å². The van der Waals surface area contributed by atoms with E-state index in [4.69, 9.17) is 10.5 Å². The first-order valence-corrected chi connectivity index (χ1v) is 7.95. The van der Waals surface area contributed by atoms with Crippen LogP contribution < -0.4 is 10.5 Å². The summed E-state index contributed by atoms with van der Waals surface area (Å²) >= 11 is 3.39. The lowest BCUT2D eigenvalue weighted by molar-refractivity contribution is 0.297. The average Bonchev–Trinajstić information content (AvgIpc) is 2.86. The van der Waals surface area contributed by atoms with E-state index in [0.29, 0.717) is 34.9 Å². The monoisotopic (exact) mass is 373 g/mol. The van der Waals surface area contributed by atoms with Crippen LogP contribution in [0.2, 0.25) is 0 Å². The number of ether oxygens (including phenoxy) is 1. The number of nitrogens with zero attached hydrogens (tertiary/aromatic N) is 4. The molecule has 0 atom stereocenters. The topological polar surface area (TPSA) is 78.9 Å². The molecule has 118 valence electrons. The van der Waals surface area contributed by atoms with Gasteiger partial charge in [0, 0.05) is 13.0 Å². The van der Waals surface area contributed by atoms with E-state index in [0.717, 1.165) is 6.42 Å². The third kappa shape index (κ3) is 3.34. The molecule has 0 amide bonds. The van der Waals surface area contributed by atoms with Crippen LogP contribution in [0.1, 0.15) is 5.56 Å². The maximum Gasteiger partial charge on any atom is 0.320 e. The fourth-order valence-electron chi connectivity index (χ4n) is 2.23. The minimum absolute atomic E-state index is 0.253. The molecule has 2 heterocycles. The Hall–Kier alpha value is -2.41. The number of nitrogens with two attached hydrogens (primary N) is 1. The van der Waals surface area contributed by atoms with Crippen molar-refractivity contribution >= 4 is 32.9 Å². The largest absolute Gasteiger partial charge is 0.463 e. The number of fused-ring (bicyclic) bond motifs is 1. The molecule has 3 aromatic rings. The standard InChI is InChI=1S/C16H16BrN5O/c1-2-9-22-14-12(19-15(22)17)13(18)20-16(21-14)23-10-8-11-6-4-3-5-7-11/h2-7H,1,8-10H2,(H2,18,20,21). The molecule has 0 fully saturated rings. The molecule has 0 radical (unpaired) electrons. The number of allylic oxidation sites excluding steroid dienone is 1. The lowest BCUT2D eigenvalue weighted by Gasteiger charge is -2.06. The van der Waals surface area contributed by atoms with Gasteiger partial charge in [0.1, 0.15) is 0 Å². The molecular weight excluding hydrogens is 358 g/mol. The average molecular weight is 374 g/mol. The quantitative estimate of drug-likeness (QED) is 0.530. The fourth-order valence-corrected chi connectivity index (χ4v) is 2.72. The van der Waals surface area contributed by atoms with Crippen LogP contribution in [0, 0.1) is 0 Å². The summed E-state index contributed by atoms with van der Waals surface area (Å²) in [4.78, 5) is 12.9. The van der Waals surface area contributed by atoms with Gasteiger partial charge in [0.2, 0.25) is 0 Å². The Bertz CT molecular complexity index is 831. The van der Waals surface area contributed by atoms with Gasteiger partial charge in [-0.05, 0) is 21.5 Å². The molecule has 2 N–H and O–H groups in total. The maximum absolute atomic E-state index is 5.96. The van der Waals surface area contributed by atoms with Crippen LogP contribution in [-0.4, -0.2) is 26.1 Å². The van der Waals surface area contributed by atoms with Gasteiger partial charge in [-0.2, -0.15) is 9.97 Å². The van der Waals surface area contributed by atoms with Crippen molar-refractivity contribution < 1.29 is 4.74 Å². The van der Waals surface area contributed by atoms with Crippen LogP contribution in [0.4, 0.5) is 5.82 Å². The summed E-state index contributed by atoms with van der Waals surface area (Å²) in [5.41, 5.74) is 8.33. The van der Waals surface area contributed by atoms with Crippen molar-refractivity contribution in [2.24, 2.45) is 0 Å². The van der Waals surface area contributed by atoms with Gasteiger partial charge < -0.3 is 10.5 Å². The van der Waals surface area contributed by atoms with Gasteiger partial charge in [-0.25, -0.2) is 4.98 Å². The number of rotatable bonds is 6. The molecule has 2 aromatic heterocycles. The molecule has 0 spiro atoms. The third-order valence-corrected chi connectivity index (χ3v) is 3.94. The summed E-state index contributed by atoms with van der Waals surface area (Å²) in [6.07, 6.45) is 2.54. The Labute approximate surface area is 142 Å². The molecule has 0 unspecified atom stereocenters. The minimum atomic E-state index is 0.253. The predicted molar refractivity (Wildman–Crippen MR) is 93.3 cm³/mol. The Morgan fingerprint density at radius 1 is 1.22 bits per heavy atom. The molecule has 1 aromatic carbocycles. The van der Waals surface area contributed by atoms with E-state index < -0.39 is 0 Å². The summed E-state index contributed by atoms with van der Waals surface area (Å²) in [7, 11) is 0. The Morgan fingerprint density at radius 2 is 2.00 bits per heavy atom. The van der Waals surface area contributed by atoms with Crippen LogP contribution in [0.15, 0.2) is 47.7 Å². The van der Waals surface area contributed by atoms with Gasteiger partial charge in [0.25, 0.3) is 0 Å². The number of benzene rings is 1. The molecule has 0 aliphatic carbocycles. The van der Waals surface area contributed by atoms with Crippen LogP contribution >= 0.6 is 15.9 Å². The number of nitrogen functional groups attached to an aromatic ring is 1. The maximum atomic E-state index is 5.96. The first kappa shape index (κ1) is 15.5.